The molecule has 6 nitrogen and oxygen atoms in total. The Balaban J connectivity index is 2.13. The normalized spacial score (nSPS) is 23.0. The quantitative estimate of drug-likeness (QED) is 0.885. The molecule has 0 saturated heterocycles. The fourth-order valence-electron chi connectivity index (χ4n) is 2.73. The molecule has 1 aromatic rings. The van der Waals surface area contributed by atoms with Gasteiger partial charge in [-0.2, -0.15) is 0 Å². The number of nitrogens with zero attached hydrogens (tertiary/aromatic N) is 1. The van der Waals surface area contributed by atoms with E-state index in [0.29, 0.717) is 5.13 Å². The molecule has 0 aliphatic heterocycles. The first-order chi connectivity index (χ1) is 9.93. The standard InChI is InChI=1S/C15H22N2O4S/c1-7-10(8-9(11(18)19)15(8,5)6)22-12(16-7)17-13(20)21-14(2,3)4/h8-9H,1-6H3,(H,18,19)(H,16,17,20)/t8-,9-/m0/s1. The molecule has 1 amide bonds. The SMILES string of the molecule is Cc1nc(NC(=O)OC(C)(C)C)sc1[C@@H]1[C@@H](C(=O)O)C1(C)C. The molecule has 2 atom stereocenters. The van der Waals surface area contributed by atoms with Crippen molar-refractivity contribution < 1.29 is 19.4 Å². The number of hydrogen-bond donors (Lipinski definition) is 2. The summed E-state index contributed by atoms with van der Waals surface area (Å²) in [6.07, 6.45) is -0.558. The van der Waals surface area contributed by atoms with Crippen molar-refractivity contribution in [2.24, 2.45) is 11.3 Å². The van der Waals surface area contributed by atoms with Gasteiger partial charge in [0.1, 0.15) is 5.60 Å². The van der Waals surface area contributed by atoms with Crippen LogP contribution >= 0.6 is 11.3 Å². The predicted molar refractivity (Wildman–Crippen MR) is 84.4 cm³/mol. The number of amides is 1. The van der Waals surface area contributed by atoms with E-state index in [1.54, 1.807) is 20.8 Å². The molecule has 0 aromatic carbocycles. The third kappa shape index (κ3) is 3.24. The average Bonchev–Trinajstić information content (AvgIpc) is 2.67. The van der Waals surface area contributed by atoms with E-state index in [4.69, 9.17) is 4.74 Å². The maximum atomic E-state index is 11.8. The van der Waals surface area contributed by atoms with Gasteiger partial charge >= 0.3 is 12.1 Å². The van der Waals surface area contributed by atoms with Crippen molar-refractivity contribution in [1.29, 1.82) is 0 Å². The van der Waals surface area contributed by atoms with Gasteiger partial charge in [0.05, 0.1) is 11.6 Å². The number of carbonyl (C=O) groups is 2. The molecule has 7 heteroatoms. The highest BCUT2D eigenvalue weighted by atomic mass is 32.1. The lowest BCUT2D eigenvalue weighted by atomic mass is 10.1. The number of aliphatic carboxylic acids is 1. The number of aryl methyl sites for hydroxylation is 1. The Morgan fingerprint density at radius 1 is 1.36 bits per heavy atom. The van der Waals surface area contributed by atoms with Gasteiger partial charge in [-0.1, -0.05) is 13.8 Å². The Bertz CT molecular complexity index is 616. The maximum Gasteiger partial charge on any atom is 0.413 e. The molecule has 1 heterocycles. The molecule has 2 rings (SSSR count). The van der Waals surface area contributed by atoms with Crippen molar-refractivity contribution in [3.8, 4) is 0 Å². The van der Waals surface area contributed by atoms with Gasteiger partial charge in [-0.25, -0.2) is 9.78 Å². The van der Waals surface area contributed by atoms with Crippen LogP contribution in [0.15, 0.2) is 0 Å². The summed E-state index contributed by atoms with van der Waals surface area (Å²) in [6.45, 7) is 11.1. The third-order valence-corrected chi connectivity index (χ3v) is 4.97. The molecule has 0 bridgehead atoms. The number of rotatable bonds is 3. The van der Waals surface area contributed by atoms with Crippen LogP contribution in [0, 0.1) is 18.3 Å². The van der Waals surface area contributed by atoms with Gasteiger partial charge in [0.15, 0.2) is 5.13 Å². The summed E-state index contributed by atoms with van der Waals surface area (Å²) in [5.41, 5.74) is -0.101. The van der Waals surface area contributed by atoms with Crippen LogP contribution in [-0.4, -0.2) is 27.8 Å². The second kappa shape index (κ2) is 5.22. The van der Waals surface area contributed by atoms with Crippen molar-refractivity contribution in [3.63, 3.8) is 0 Å². The summed E-state index contributed by atoms with van der Waals surface area (Å²) >= 11 is 1.32. The van der Waals surface area contributed by atoms with Crippen molar-refractivity contribution in [2.75, 3.05) is 5.32 Å². The highest BCUT2D eigenvalue weighted by Gasteiger charge is 2.63. The fraction of sp³-hybridized carbons (Fsp3) is 0.667. The van der Waals surface area contributed by atoms with Crippen LogP contribution in [0.3, 0.4) is 0 Å². The lowest BCUT2D eigenvalue weighted by Crippen LogP contribution is -2.27. The van der Waals surface area contributed by atoms with Gasteiger partial charge in [-0.15, -0.1) is 11.3 Å². The van der Waals surface area contributed by atoms with E-state index >= 15 is 0 Å². The zero-order chi connectivity index (χ0) is 16.9. The zero-order valence-corrected chi connectivity index (χ0v) is 14.5. The molecular weight excluding hydrogens is 304 g/mol. The van der Waals surface area contributed by atoms with E-state index in [1.807, 2.05) is 20.8 Å². The smallest absolute Gasteiger partial charge is 0.413 e. The van der Waals surface area contributed by atoms with E-state index in [2.05, 4.69) is 10.3 Å². The molecule has 2 N–H and O–H groups in total. The number of nitrogens with one attached hydrogen (secondary N) is 1. The molecule has 1 aliphatic rings. The van der Waals surface area contributed by atoms with Gasteiger partial charge in [0, 0.05) is 10.8 Å². The number of carboxylic acid groups (broad SMARTS) is 1. The van der Waals surface area contributed by atoms with E-state index in [9.17, 15) is 14.7 Å². The second-order valence-electron chi connectivity index (χ2n) is 7.21. The van der Waals surface area contributed by atoms with Crippen LogP contribution in [0.5, 0.6) is 0 Å². The Morgan fingerprint density at radius 2 is 1.95 bits per heavy atom. The first kappa shape index (κ1) is 16.7. The molecule has 0 unspecified atom stereocenters. The lowest BCUT2D eigenvalue weighted by Gasteiger charge is -2.18. The predicted octanol–water partition coefficient (Wildman–Crippen LogP) is 3.62. The van der Waals surface area contributed by atoms with Crippen LogP contribution in [-0.2, 0) is 9.53 Å². The monoisotopic (exact) mass is 326 g/mol. The Labute approximate surface area is 133 Å². The van der Waals surface area contributed by atoms with Crippen LogP contribution in [0.25, 0.3) is 0 Å². The van der Waals surface area contributed by atoms with Gasteiger partial charge in [-0.05, 0) is 33.1 Å². The van der Waals surface area contributed by atoms with Gasteiger partial charge in [0.25, 0.3) is 0 Å². The first-order valence-corrected chi connectivity index (χ1v) is 7.95. The molecule has 0 radical (unpaired) electrons. The van der Waals surface area contributed by atoms with Crippen molar-refractivity contribution >= 4 is 28.5 Å². The highest BCUT2D eigenvalue weighted by molar-refractivity contribution is 7.16. The van der Waals surface area contributed by atoms with E-state index in [-0.39, 0.29) is 11.3 Å². The largest absolute Gasteiger partial charge is 0.481 e. The van der Waals surface area contributed by atoms with E-state index < -0.39 is 23.6 Å². The average molecular weight is 326 g/mol. The maximum absolute atomic E-state index is 11.8. The molecule has 122 valence electrons. The molecule has 22 heavy (non-hydrogen) atoms. The zero-order valence-electron chi connectivity index (χ0n) is 13.7. The minimum Gasteiger partial charge on any atom is -0.481 e. The summed E-state index contributed by atoms with van der Waals surface area (Å²) in [5, 5.41) is 12.3. The first-order valence-electron chi connectivity index (χ1n) is 7.13. The van der Waals surface area contributed by atoms with Crippen LogP contribution in [0.4, 0.5) is 9.93 Å². The Morgan fingerprint density at radius 3 is 2.41 bits per heavy atom. The van der Waals surface area contributed by atoms with Crippen LogP contribution < -0.4 is 5.32 Å². The lowest BCUT2D eigenvalue weighted by molar-refractivity contribution is -0.139. The summed E-state index contributed by atoms with van der Waals surface area (Å²) in [6, 6.07) is 0. The number of aromatic nitrogens is 1. The Hall–Kier alpha value is -1.63. The van der Waals surface area contributed by atoms with Gasteiger partial charge in [0.2, 0.25) is 0 Å². The van der Waals surface area contributed by atoms with Crippen molar-refractivity contribution in [3.05, 3.63) is 10.6 Å². The van der Waals surface area contributed by atoms with Crippen LogP contribution in [0.2, 0.25) is 0 Å². The summed E-state index contributed by atoms with van der Waals surface area (Å²) in [5.74, 6) is -1.25. The highest BCUT2D eigenvalue weighted by Crippen LogP contribution is 2.66. The minimum absolute atomic E-state index is 0.0586. The molecule has 1 fully saturated rings. The number of ether oxygens (including phenoxy) is 1. The number of thiazole rings is 1. The third-order valence-electron chi connectivity index (χ3n) is 3.82. The van der Waals surface area contributed by atoms with E-state index in [1.165, 1.54) is 11.3 Å². The summed E-state index contributed by atoms with van der Waals surface area (Å²) in [4.78, 5) is 28.3. The summed E-state index contributed by atoms with van der Waals surface area (Å²) < 4.78 is 5.19. The molecular formula is C15H22N2O4S. The van der Waals surface area contributed by atoms with Crippen LogP contribution in [0.1, 0.15) is 51.1 Å². The van der Waals surface area contributed by atoms with Gasteiger partial charge in [-0.3, -0.25) is 10.1 Å². The minimum atomic E-state index is -0.788. The van der Waals surface area contributed by atoms with Gasteiger partial charge < -0.3 is 9.84 Å². The number of carboxylic acids is 1. The fourth-order valence-corrected chi connectivity index (χ4v) is 4.01. The topological polar surface area (TPSA) is 88.5 Å². The number of anilines is 1. The second-order valence-corrected chi connectivity index (χ2v) is 8.24. The Kier molecular flexibility index (Phi) is 3.97. The van der Waals surface area contributed by atoms with Crippen molar-refractivity contribution in [2.45, 2.75) is 53.1 Å². The summed E-state index contributed by atoms with van der Waals surface area (Å²) in [7, 11) is 0. The molecule has 1 aromatic heterocycles. The van der Waals surface area contributed by atoms with E-state index in [0.717, 1.165) is 10.6 Å². The number of carbonyl (C=O) groups excluding carboxylic acids is 1. The van der Waals surface area contributed by atoms with Crippen molar-refractivity contribution in [1.82, 2.24) is 4.98 Å². The molecule has 1 aliphatic carbocycles. The molecule has 1 saturated carbocycles. The molecule has 0 spiro atoms. The number of hydrogen-bond acceptors (Lipinski definition) is 5.